The fraction of sp³-hybridized carbons (Fsp3) is 0.280. The predicted molar refractivity (Wildman–Crippen MR) is 134 cm³/mol. The molecule has 2 aliphatic rings. The fourth-order valence-corrected chi connectivity index (χ4v) is 5.35. The molecule has 9 nitrogen and oxygen atoms in total. The Hall–Kier alpha value is -3.68. The van der Waals surface area contributed by atoms with Crippen molar-refractivity contribution < 1.29 is 31.7 Å². The Labute approximate surface area is 218 Å². The second-order valence-electron chi connectivity index (χ2n) is 8.47. The summed E-state index contributed by atoms with van der Waals surface area (Å²) in [6.07, 6.45) is 0.895. The monoisotopic (exact) mass is 548 g/mol. The van der Waals surface area contributed by atoms with Gasteiger partial charge in [0.2, 0.25) is 11.2 Å². The van der Waals surface area contributed by atoms with E-state index in [4.69, 9.17) is 9.57 Å². The number of hydrogen-bond donors (Lipinski definition) is 1. The van der Waals surface area contributed by atoms with E-state index < -0.39 is 23.6 Å². The molecular weight excluding hydrogens is 525 g/mol. The van der Waals surface area contributed by atoms with E-state index >= 15 is 4.39 Å². The van der Waals surface area contributed by atoms with Crippen molar-refractivity contribution in [3.8, 4) is 28.3 Å². The molecule has 3 heterocycles. The molecule has 0 saturated carbocycles. The van der Waals surface area contributed by atoms with Gasteiger partial charge in [0.05, 0.1) is 19.4 Å². The minimum absolute atomic E-state index is 0.0911. The molecule has 0 radical (unpaired) electrons. The molecule has 3 aromatic rings. The van der Waals surface area contributed by atoms with Gasteiger partial charge in [-0.1, -0.05) is 18.2 Å². The SMILES string of the molecule is COc1cc(-c2cccc(OC(F)F)c2)c(F)cc1-n1c2c(ccc1=O)CN(S(=O)/N=C1\CCON1)CC2. The topological polar surface area (TPSA) is 94.4 Å². The molecule has 1 saturated heterocycles. The van der Waals surface area contributed by atoms with Gasteiger partial charge in [-0.2, -0.15) is 13.2 Å². The first-order valence-electron chi connectivity index (χ1n) is 11.6. The van der Waals surface area contributed by atoms with Crippen molar-refractivity contribution in [1.82, 2.24) is 14.4 Å². The smallest absolute Gasteiger partial charge is 0.387 e. The number of benzene rings is 2. The van der Waals surface area contributed by atoms with E-state index in [9.17, 15) is 17.8 Å². The molecule has 13 heteroatoms. The van der Waals surface area contributed by atoms with Crippen LogP contribution >= 0.6 is 0 Å². The van der Waals surface area contributed by atoms with Crippen molar-refractivity contribution in [2.75, 3.05) is 20.3 Å². The van der Waals surface area contributed by atoms with Crippen LogP contribution in [0.3, 0.4) is 0 Å². The third-order valence-electron chi connectivity index (χ3n) is 6.15. The fourth-order valence-electron chi connectivity index (χ4n) is 4.42. The van der Waals surface area contributed by atoms with Gasteiger partial charge in [0.25, 0.3) is 5.56 Å². The normalized spacial score (nSPS) is 17.3. The largest absolute Gasteiger partial charge is 0.495 e. The van der Waals surface area contributed by atoms with E-state index in [0.29, 0.717) is 43.1 Å². The Kier molecular flexibility index (Phi) is 7.49. The van der Waals surface area contributed by atoms with E-state index in [1.54, 1.807) is 16.4 Å². The highest BCUT2D eigenvalue weighted by Gasteiger charge is 2.26. The molecular formula is C25H23F3N4O5S. The van der Waals surface area contributed by atoms with E-state index in [-0.39, 0.29) is 34.9 Å². The van der Waals surface area contributed by atoms with E-state index in [1.807, 2.05) is 0 Å². The zero-order valence-electron chi connectivity index (χ0n) is 20.2. The van der Waals surface area contributed by atoms with Gasteiger partial charge in [-0.15, -0.1) is 0 Å². The second kappa shape index (κ2) is 11.0. The van der Waals surface area contributed by atoms with Crippen molar-refractivity contribution in [2.24, 2.45) is 4.40 Å². The Morgan fingerprint density at radius 2 is 2.00 bits per heavy atom. The molecule has 0 spiro atoms. The number of nitrogens with one attached hydrogen (secondary N) is 1. The van der Waals surface area contributed by atoms with E-state index in [0.717, 1.165) is 5.56 Å². The Bertz CT molecular complexity index is 1470. The van der Waals surface area contributed by atoms with Crippen LogP contribution in [0.15, 0.2) is 57.7 Å². The van der Waals surface area contributed by atoms with Gasteiger partial charge < -0.3 is 9.47 Å². The summed E-state index contributed by atoms with van der Waals surface area (Å²) < 4.78 is 70.6. The summed E-state index contributed by atoms with van der Waals surface area (Å²) in [5.74, 6) is -0.0794. The van der Waals surface area contributed by atoms with Gasteiger partial charge in [0.15, 0.2) is 0 Å². The number of halogens is 3. The lowest BCUT2D eigenvalue weighted by Gasteiger charge is -2.28. The minimum atomic E-state index is -3.02. The number of rotatable bonds is 7. The molecule has 2 aromatic carbocycles. The Morgan fingerprint density at radius 1 is 1.16 bits per heavy atom. The molecule has 200 valence electrons. The molecule has 1 aromatic heterocycles. The number of aromatic nitrogens is 1. The molecule has 1 fully saturated rings. The summed E-state index contributed by atoms with van der Waals surface area (Å²) in [5, 5.41) is 0. The lowest BCUT2D eigenvalue weighted by molar-refractivity contribution is -0.0498. The molecule has 2 aliphatic heterocycles. The maximum atomic E-state index is 15.4. The summed E-state index contributed by atoms with van der Waals surface area (Å²) in [4.78, 5) is 18.0. The van der Waals surface area contributed by atoms with Gasteiger partial charge >= 0.3 is 6.61 Å². The zero-order valence-corrected chi connectivity index (χ0v) is 21.0. The number of hydrogen-bond acceptors (Lipinski definition) is 5. The van der Waals surface area contributed by atoms with Crippen LogP contribution in [0.25, 0.3) is 16.8 Å². The summed E-state index contributed by atoms with van der Waals surface area (Å²) in [7, 11) is 1.39. The minimum Gasteiger partial charge on any atom is -0.495 e. The van der Waals surface area contributed by atoms with Gasteiger partial charge in [-0.25, -0.2) is 12.9 Å². The van der Waals surface area contributed by atoms with Gasteiger partial charge in [-0.05, 0) is 29.3 Å². The first-order valence-corrected chi connectivity index (χ1v) is 12.7. The summed E-state index contributed by atoms with van der Waals surface area (Å²) >= 11 is -1.65. The van der Waals surface area contributed by atoms with Crippen LogP contribution in [-0.4, -0.2) is 45.8 Å². The highest BCUT2D eigenvalue weighted by atomic mass is 32.2. The van der Waals surface area contributed by atoms with Crippen LogP contribution in [0.5, 0.6) is 11.5 Å². The van der Waals surface area contributed by atoms with Crippen LogP contribution in [0.2, 0.25) is 0 Å². The summed E-state index contributed by atoms with van der Waals surface area (Å²) in [6.45, 7) is -1.95. The Balaban J connectivity index is 1.50. The third-order valence-corrected chi connectivity index (χ3v) is 7.28. The number of hydroxylamine groups is 1. The average Bonchev–Trinajstić information content (AvgIpc) is 3.41. The van der Waals surface area contributed by atoms with Crippen LogP contribution < -0.4 is 20.5 Å². The van der Waals surface area contributed by atoms with Crippen LogP contribution in [0.4, 0.5) is 13.2 Å². The maximum absolute atomic E-state index is 15.4. The molecule has 1 N–H and O–H groups in total. The van der Waals surface area contributed by atoms with Crippen molar-refractivity contribution in [2.45, 2.75) is 26.0 Å². The molecule has 0 amide bonds. The number of alkyl halides is 2. The van der Waals surface area contributed by atoms with E-state index in [1.165, 1.54) is 48.1 Å². The second-order valence-corrected chi connectivity index (χ2v) is 9.63. The lowest BCUT2D eigenvalue weighted by Crippen LogP contribution is -2.36. The van der Waals surface area contributed by atoms with Crippen LogP contribution in [0, 0.1) is 5.82 Å². The highest BCUT2D eigenvalue weighted by molar-refractivity contribution is 7.81. The molecule has 5 rings (SSSR count). The number of pyridine rings is 1. The van der Waals surface area contributed by atoms with Crippen molar-refractivity contribution in [3.05, 3.63) is 76.0 Å². The third kappa shape index (κ3) is 5.30. The number of ether oxygens (including phenoxy) is 2. The Morgan fingerprint density at radius 3 is 2.74 bits per heavy atom. The molecule has 1 atom stereocenters. The number of fused-ring (bicyclic) bond motifs is 1. The van der Waals surface area contributed by atoms with Crippen molar-refractivity contribution >= 4 is 17.0 Å². The highest BCUT2D eigenvalue weighted by Crippen LogP contribution is 2.35. The molecule has 1 unspecified atom stereocenters. The van der Waals surface area contributed by atoms with Gasteiger partial charge in [-0.3, -0.25) is 19.7 Å². The first kappa shape index (κ1) is 25.9. The summed E-state index contributed by atoms with van der Waals surface area (Å²) in [5.41, 5.74) is 4.20. The average molecular weight is 549 g/mol. The first-order chi connectivity index (χ1) is 18.3. The quantitative estimate of drug-likeness (QED) is 0.486. The zero-order chi connectivity index (χ0) is 26.8. The number of amidine groups is 1. The molecule has 0 aliphatic carbocycles. The van der Waals surface area contributed by atoms with Crippen LogP contribution in [-0.2, 0) is 29.0 Å². The van der Waals surface area contributed by atoms with Gasteiger partial charge in [0.1, 0.15) is 23.2 Å². The lowest BCUT2D eigenvalue weighted by atomic mass is 10.0. The number of methoxy groups -OCH3 is 1. The maximum Gasteiger partial charge on any atom is 0.387 e. The van der Waals surface area contributed by atoms with Gasteiger partial charge in [0, 0.05) is 49.3 Å². The molecule has 0 bridgehead atoms. The molecule has 38 heavy (non-hydrogen) atoms. The number of nitrogens with zero attached hydrogens (tertiary/aromatic N) is 3. The summed E-state index contributed by atoms with van der Waals surface area (Å²) in [6, 6.07) is 11.3. The van der Waals surface area contributed by atoms with Crippen LogP contribution in [0.1, 0.15) is 17.7 Å². The van der Waals surface area contributed by atoms with Crippen molar-refractivity contribution in [3.63, 3.8) is 0 Å². The standard InChI is InChI=1S/C25H23F3N4O5S/c1-35-22-12-18(15-3-2-4-17(11-15)37-25(27)28)19(26)13-21(22)32-20-7-9-31(14-16(20)5-6-24(32)33)38(34)30-23-8-10-36-29-23/h2-6,11-13,25H,7-10,14H2,1H3,(H,29,30). The van der Waals surface area contributed by atoms with Crippen molar-refractivity contribution in [1.29, 1.82) is 0 Å². The predicted octanol–water partition coefficient (Wildman–Crippen LogP) is 3.51. The van der Waals surface area contributed by atoms with E-state index in [2.05, 4.69) is 14.6 Å².